The maximum atomic E-state index is 13.0. The molecule has 0 heterocycles. The summed E-state index contributed by atoms with van der Waals surface area (Å²) in [4.78, 5) is 0. The van der Waals surface area contributed by atoms with Crippen LogP contribution in [0.25, 0.3) is 0 Å². The number of hydrogen-bond acceptors (Lipinski definition) is 4. The van der Waals surface area contributed by atoms with Crippen LogP contribution in [0, 0.1) is 5.82 Å². The zero-order valence-electron chi connectivity index (χ0n) is 15.1. The summed E-state index contributed by atoms with van der Waals surface area (Å²) < 4.78 is 24.4. The van der Waals surface area contributed by atoms with E-state index in [1.807, 2.05) is 25.2 Å². The SMILES string of the molecule is CNCCCNCc1cccc(OC)c1OCc1ccc(F)cc1.Cl.Cl. The van der Waals surface area contributed by atoms with Crippen LogP contribution >= 0.6 is 24.8 Å². The number of hydrogen-bond donors (Lipinski definition) is 2. The minimum atomic E-state index is -0.248. The maximum absolute atomic E-state index is 13.0. The molecule has 7 heteroatoms. The van der Waals surface area contributed by atoms with Crippen molar-refractivity contribution in [2.24, 2.45) is 0 Å². The summed E-state index contributed by atoms with van der Waals surface area (Å²) in [5.41, 5.74) is 1.95. The Morgan fingerprint density at radius 3 is 2.38 bits per heavy atom. The summed E-state index contributed by atoms with van der Waals surface area (Å²) in [6.45, 7) is 2.99. The van der Waals surface area contributed by atoms with Crippen LogP contribution in [0.2, 0.25) is 0 Å². The molecule has 2 N–H and O–H groups in total. The topological polar surface area (TPSA) is 42.5 Å². The molecular formula is C19H27Cl2FN2O2. The second kappa shape index (κ2) is 13.6. The standard InChI is InChI=1S/C19H25FN2O2.2ClH/c1-21-11-4-12-22-13-16-5-3-6-18(23-2)19(16)24-14-15-7-9-17(20)10-8-15;;/h3,5-10,21-22H,4,11-14H2,1-2H3;2*1H. The van der Waals surface area contributed by atoms with E-state index in [1.54, 1.807) is 19.2 Å². The molecule has 0 aromatic heterocycles. The van der Waals surface area contributed by atoms with Gasteiger partial charge in [0.05, 0.1) is 7.11 Å². The Morgan fingerprint density at radius 2 is 1.73 bits per heavy atom. The smallest absolute Gasteiger partial charge is 0.166 e. The minimum Gasteiger partial charge on any atom is -0.493 e. The minimum absolute atomic E-state index is 0. The number of nitrogens with one attached hydrogen (secondary N) is 2. The lowest BCUT2D eigenvalue weighted by Gasteiger charge is -2.16. The van der Waals surface area contributed by atoms with E-state index in [-0.39, 0.29) is 30.6 Å². The first-order valence-electron chi connectivity index (χ1n) is 8.13. The van der Waals surface area contributed by atoms with Crippen LogP contribution in [0.1, 0.15) is 17.5 Å². The highest BCUT2D eigenvalue weighted by Crippen LogP contribution is 2.31. The van der Waals surface area contributed by atoms with Crippen LogP contribution in [-0.2, 0) is 13.2 Å². The van der Waals surface area contributed by atoms with Crippen molar-refractivity contribution in [2.75, 3.05) is 27.2 Å². The molecule has 0 aliphatic heterocycles. The van der Waals surface area contributed by atoms with Gasteiger partial charge < -0.3 is 20.1 Å². The van der Waals surface area contributed by atoms with Crippen LogP contribution in [0.5, 0.6) is 11.5 Å². The van der Waals surface area contributed by atoms with Gasteiger partial charge in [-0.2, -0.15) is 0 Å². The van der Waals surface area contributed by atoms with E-state index in [4.69, 9.17) is 9.47 Å². The van der Waals surface area contributed by atoms with E-state index in [2.05, 4.69) is 10.6 Å². The van der Waals surface area contributed by atoms with Crippen LogP contribution in [-0.4, -0.2) is 27.2 Å². The number of benzene rings is 2. The third kappa shape index (κ3) is 7.79. The van der Waals surface area contributed by atoms with Crippen LogP contribution in [0.15, 0.2) is 42.5 Å². The molecule has 2 aromatic rings. The first kappa shape index (κ1) is 24.5. The second-order valence-electron chi connectivity index (χ2n) is 5.50. The van der Waals surface area contributed by atoms with E-state index in [0.29, 0.717) is 18.9 Å². The van der Waals surface area contributed by atoms with Crippen molar-refractivity contribution in [3.05, 3.63) is 59.4 Å². The van der Waals surface area contributed by atoms with Gasteiger partial charge in [0.2, 0.25) is 0 Å². The van der Waals surface area contributed by atoms with Gasteiger partial charge in [0.1, 0.15) is 12.4 Å². The maximum Gasteiger partial charge on any atom is 0.166 e. The lowest BCUT2D eigenvalue weighted by Crippen LogP contribution is -2.19. The lowest BCUT2D eigenvalue weighted by molar-refractivity contribution is 0.280. The van der Waals surface area contributed by atoms with Crippen molar-refractivity contribution in [1.82, 2.24) is 10.6 Å². The lowest BCUT2D eigenvalue weighted by atomic mass is 10.1. The zero-order valence-corrected chi connectivity index (χ0v) is 16.7. The van der Waals surface area contributed by atoms with Gasteiger partial charge in [-0.15, -0.1) is 24.8 Å². The van der Waals surface area contributed by atoms with Gasteiger partial charge in [-0.25, -0.2) is 4.39 Å². The van der Waals surface area contributed by atoms with E-state index in [0.717, 1.165) is 36.4 Å². The number of rotatable bonds is 10. The number of para-hydroxylation sites is 1. The van der Waals surface area contributed by atoms with Crippen molar-refractivity contribution >= 4 is 24.8 Å². The summed E-state index contributed by atoms with van der Waals surface area (Å²) in [7, 11) is 3.58. The molecule has 2 aromatic carbocycles. The normalized spacial score (nSPS) is 9.81. The van der Waals surface area contributed by atoms with Gasteiger partial charge >= 0.3 is 0 Å². The molecule has 26 heavy (non-hydrogen) atoms. The van der Waals surface area contributed by atoms with E-state index in [1.165, 1.54) is 12.1 Å². The molecule has 0 unspecified atom stereocenters. The zero-order chi connectivity index (χ0) is 17.2. The Kier molecular flexibility index (Phi) is 12.8. The third-order valence-electron chi connectivity index (χ3n) is 3.67. The predicted octanol–water partition coefficient (Wildman–Crippen LogP) is 3.96. The van der Waals surface area contributed by atoms with Gasteiger partial charge in [0.15, 0.2) is 11.5 Å². The number of ether oxygens (including phenoxy) is 2. The molecule has 0 amide bonds. The van der Waals surface area contributed by atoms with Gasteiger partial charge in [-0.05, 0) is 50.3 Å². The molecule has 0 saturated carbocycles. The molecule has 0 atom stereocenters. The van der Waals surface area contributed by atoms with Gasteiger partial charge in [0.25, 0.3) is 0 Å². The average Bonchev–Trinajstić information content (AvgIpc) is 2.61. The molecule has 2 rings (SSSR count). The van der Waals surface area contributed by atoms with Crippen LogP contribution in [0.3, 0.4) is 0 Å². The van der Waals surface area contributed by atoms with Crippen molar-refractivity contribution in [3.63, 3.8) is 0 Å². The highest BCUT2D eigenvalue weighted by Gasteiger charge is 2.10. The monoisotopic (exact) mass is 404 g/mol. The Hall–Kier alpha value is -1.53. The highest BCUT2D eigenvalue weighted by molar-refractivity contribution is 5.85. The molecule has 0 aliphatic rings. The predicted molar refractivity (Wildman–Crippen MR) is 108 cm³/mol. The third-order valence-corrected chi connectivity index (χ3v) is 3.67. The van der Waals surface area contributed by atoms with Crippen LogP contribution in [0.4, 0.5) is 4.39 Å². The molecule has 0 fully saturated rings. The molecule has 0 radical (unpaired) electrons. The van der Waals surface area contributed by atoms with Crippen molar-refractivity contribution in [3.8, 4) is 11.5 Å². The Labute approximate surface area is 167 Å². The highest BCUT2D eigenvalue weighted by atomic mass is 35.5. The van der Waals surface area contributed by atoms with Crippen molar-refractivity contribution < 1.29 is 13.9 Å². The molecule has 4 nitrogen and oxygen atoms in total. The largest absolute Gasteiger partial charge is 0.493 e. The summed E-state index contributed by atoms with van der Waals surface area (Å²) in [5, 5.41) is 6.54. The van der Waals surface area contributed by atoms with E-state index < -0.39 is 0 Å². The van der Waals surface area contributed by atoms with Gasteiger partial charge in [-0.3, -0.25) is 0 Å². The Bertz CT molecular complexity index is 627. The number of methoxy groups -OCH3 is 1. The van der Waals surface area contributed by atoms with E-state index in [9.17, 15) is 4.39 Å². The fourth-order valence-corrected chi connectivity index (χ4v) is 2.37. The number of halogens is 3. The molecular weight excluding hydrogens is 378 g/mol. The molecule has 0 aliphatic carbocycles. The Balaban J connectivity index is 0.00000312. The van der Waals surface area contributed by atoms with Crippen LogP contribution < -0.4 is 20.1 Å². The molecule has 146 valence electrons. The summed E-state index contributed by atoms with van der Waals surface area (Å²) >= 11 is 0. The summed E-state index contributed by atoms with van der Waals surface area (Å²) in [6.07, 6.45) is 1.06. The van der Waals surface area contributed by atoms with E-state index >= 15 is 0 Å². The first-order chi connectivity index (χ1) is 11.7. The average molecular weight is 405 g/mol. The fourth-order valence-electron chi connectivity index (χ4n) is 2.37. The quantitative estimate of drug-likeness (QED) is 0.588. The Morgan fingerprint density at radius 1 is 1.00 bits per heavy atom. The summed E-state index contributed by atoms with van der Waals surface area (Å²) in [6, 6.07) is 12.2. The first-order valence-corrected chi connectivity index (χ1v) is 8.13. The van der Waals surface area contributed by atoms with Crippen molar-refractivity contribution in [2.45, 2.75) is 19.6 Å². The van der Waals surface area contributed by atoms with Crippen molar-refractivity contribution in [1.29, 1.82) is 0 Å². The molecule has 0 saturated heterocycles. The molecule has 0 spiro atoms. The second-order valence-corrected chi connectivity index (χ2v) is 5.50. The fraction of sp³-hybridized carbons (Fsp3) is 0.368. The van der Waals surface area contributed by atoms with Gasteiger partial charge in [0, 0.05) is 12.1 Å². The summed E-state index contributed by atoms with van der Waals surface area (Å²) in [5.74, 6) is 1.18. The van der Waals surface area contributed by atoms with Gasteiger partial charge in [-0.1, -0.05) is 24.3 Å². The molecule has 0 bridgehead atoms.